The van der Waals surface area contributed by atoms with Crippen molar-refractivity contribution in [3.63, 3.8) is 0 Å². The van der Waals surface area contributed by atoms with Gasteiger partial charge < -0.3 is 10.2 Å². The number of carbonyl (C=O) groups excluding carboxylic acids is 2. The van der Waals surface area contributed by atoms with Gasteiger partial charge in [0.25, 0.3) is 0 Å². The molecule has 4 nitrogen and oxygen atoms in total. The van der Waals surface area contributed by atoms with E-state index in [4.69, 9.17) is 23.2 Å². The van der Waals surface area contributed by atoms with Crippen LogP contribution in [0.4, 0.5) is 0 Å². The maximum Gasteiger partial charge on any atom is 0.242 e. The predicted octanol–water partition coefficient (Wildman–Crippen LogP) is 6.53. The van der Waals surface area contributed by atoms with Gasteiger partial charge in [-0.05, 0) is 60.9 Å². The second kappa shape index (κ2) is 11.9. The van der Waals surface area contributed by atoms with Crippen LogP contribution in [0, 0.1) is 0 Å². The summed E-state index contributed by atoms with van der Waals surface area (Å²) in [4.78, 5) is 28.0. The first-order valence-electron chi connectivity index (χ1n) is 11.9. The Labute approximate surface area is 207 Å². The summed E-state index contributed by atoms with van der Waals surface area (Å²) in [5.74, 6) is 0.321. The van der Waals surface area contributed by atoms with Crippen molar-refractivity contribution in [2.24, 2.45) is 0 Å². The Hall–Kier alpha value is -2.04. The molecule has 33 heavy (non-hydrogen) atoms. The van der Waals surface area contributed by atoms with Crippen molar-refractivity contribution in [2.75, 3.05) is 0 Å². The normalized spacial score (nSPS) is 15.0. The topological polar surface area (TPSA) is 49.4 Å². The van der Waals surface area contributed by atoms with Crippen LogP contribution in [0.3, 0.4) is 0 Å². The number of hydrogen-bond donors (Lipinski definition) is 1. The largest absolute Gasteiger partial charge is 0.352 e. The summed E-state index contributed by atoms with van der Waals surface area (Å²) < 4.78 is 0. The molecule has 2 aromatic rings. The zero-order chi connectivity index (χ0) is 24.0. The van der Waals surface area contributed by atoms with Gasteiger partial charge in [-0.25, -0.2) is 0 Å². The number of hydrogen-bond acceptors (Lipinski definition) is 2. The molecule has 0 aliphatic heterocycles. The molecule has 0 saturated heterocycles. The molecule has 0 radical (unpaired) electrons. The molecule has 0 heterocycles. The predicted molar refractivity (Wildman–Crippen MR) is 136 cm³/mol. The van der Waals surface area contributed by atoms with E-state index in [9.17, 15) is 9.59 Å². The van der Waals surface area contributed by atoms with E-state index in [1.54, 1.807) is 24.0 Å². The minimum Gasteiger partial charge on any atom is -0.352 e. The summed E-state index contributed by atoms with van der Waals surface area (Å²) in [6.07, 6.45) is 5.26. The van der Waals surface area contributed by atoms with E-state index in [0.717, 1.165) is 36.8 Å². The van der Waals surface area contributed by atoms with Gasteiger partial charge in [-0.15, -0.1) is 0 Å². The lowest BCUT2D eigenvalue weighted by Crippen LogP contribution is -2.49. The van der Waals surface area contributed by atoms with E-state index in [2.05, 4.69) is 43.4 Å². The molecule has 1 aliphatic carbocycles. The molecule has 1 N–H and O–H groups in total. The van der Waals surface area contributed by atoms with Gasteiger partial charge in [-0.1, -0.05) is 80.2 Å². The maximum absolute atomic E-state index is 13.3. The van der Waals surface area contributed by atoms with Crippen molar-refractivity contribution in [3.05, 3.63) is 69.2 Å². The van der Waals surface area contributed by atoms with Crippen molar-refractivity contribution in [3.8, 4) is 0 Å². The maximum atomic E-state index is 13.3. The first-order valence-corrected chi connectivity index (χ1v) is 12.6. The Morgan fingerprint density at radius 1 is 0.970 bits per heavy atom. The molecule has 1 atom stereocenters. The van der Waals surface area contributed by atoms with Crippen LogP contribution in [-0.2, 0) is 22.6 Å². The lowest BCUT2D eigenvalue weighted by molar-refractivity contribution is -0.140. The highest BCUT2D eigenvalue weighted by atomic mass is 35.5. The van der Waals surface area contributed by atoms with Gasteiger partial charge in [0, 0.05) is 19.0 Å². The van der Waals surface area contributed by atoms with Crippen LogP contribution >= 0.6 is 23.2 Å². The van der Waals surface area contributed by atoms with Gasteiger partial charge in [-0.2, -0.15) is 0 Å². The number of carbonyl (C=O) groups is 2. The van der Waals surface area contributed by atoms with Crippen LogP contribution in [0.15, 0.2) is 42.5 Å². The molecule has 1 saturated carbocycles. The molecule has 2 aromatic carbocycles. The standard InChI is InChI=1S/C27H34Cl2N2O2/c1-18(2)22-12-8-20(9-13-22)11-15-26(32)31(17-21-10-14-24(28)25(29)16-21)19(3)27(33)30-23-6-4-5-7-23/h8-10,12-14,16,18-19,23H,4-7,11,15,17H2,1-3H3,(H,30,33). The minimum atomic E-state index is -0.573. The van der Waals surface area contributed by atoms with Crippen molar-refractivity contribution in [1.29, 1.82) is 0 Å². The molecule has 0 aromatic heterocycles. The summed E-state index contributed by atoms with van der Waals surface area (Å²) in [5, 5.41) is 4.04. The third kappa shape index (κ3) is 7.22. The first kappa shape index (κ1) is 25.6. The minimum absolute atomic E-state index is 0.0527. The third-order valence-corrected chi connectivity index (χ3v) is 7.22. The Bertz CT molecular complexity index is 953. The van der Waals surface area contributed by atoms with E-state index < -0.39 is 6.04 Å². The Balaban J connectivity index is 1.71. The number of halogens is 2. The number of amides is 2. The highest BCUT2D eigenvalue weighted by Crippen LogP contribution is 2.24. The summed E-state index contributed by atoms with van der Waals surface area (Å²) >= 11 is 12.3. The Kier molecular flexibility index (Phi) is 9.22. The van der Waals surface area contributed by atoms with Gasteiger partial charge in [-0.3, -0.25) is 9.59 Å². The van der Waals surface area contributed by atoms with Crippen LogP contribution < -0.4 is 5.32 Å². The second-order valence-electron chi connectivity index (χ2n) is 9.33. The molecule has 1 fully saturated rings. The van der Waals surface area contributed by atoms with E-state index in [1.807, 2.05) is 6.07 Å². The number of benzene rings is 2. The van der Waals surface area contributed by atoms with E-state index in [1.165, 1.54) is 5.56 Å². The fraction of sp³-hybridized carbons (Fsp3) is 0.481. The van der Waals surface area contributed by atoms with Gasteiger partial charge in [0.2, 0.25) is 11.8 Å². The molecule has 0 bridgehead atoms. The van der Waals surface area contributed by atoms with Crippen LogP contribution in [0.5, 0.6) is 0 Å². The van der Waals surface area contributed by atoms with Crippen LogP contribution in [0.2, 0.25) is 10.0 Å². The van der Waals surface area contributed by atoms with Gasteiger partial charge in [0.15, 0.2) is 0 Å². The number of rotatable bonds is 9. The van der Waals surface area contributed by atoms with Crippen molar-refractivity contribution in [2.45, 2.75) is 83.8 Å². The van der Waals surface area contributed by atoms with Gasteiger partial charge >= 0.3 is 0 Å². The van der Waals surface area contributed by atoms with Gasteiger partial charge in [0.1, 0.15) is 6.04 Å². The molecule has 1 aliphatic rings. The molecular weight excluding hydrogens is 455 g/mol. The molecule has 1 unspecified atom stereocenters. The van der Waals surface area contributed by atoms with Crippen LogP contribution in [0.1, 0.15) is 75.5 Å². The zero-order valence-corrected chi connectivity index (χ0v) is 21.3. The van der Waals surface area contributed by atoms with Crippen LogP contribution in [0.25, 0.3) is 0 Å². The fourth-order valence-electron chi connectivity index (χ4n) is 4.27. The number of aryl methyl sites for hydroxylation is 1. The highest BCUT2D eigenvalue weighted by molar-refractivity contribution is 6.42. The second-order valence-corrected chi connectivity index (χ2v) is 10.1. The molecule has 2 amide bonds. The molecule has 178 valence electrons. The van der Waals surface area contributed by atoms with E-state index >= 15 is 0 Å². The van der Waals surface area contributed by atoms with Crippen molar-refractivity contribution < 1.29 is 9.59 Å². The summed E-state index contributed by atoms with van der Waals surface area (Å²) in [6.45, 7) is 6.44. The SMILES string of the molecule is CC(C)c1ccc(CCC(=O)N(Cc2ccc(Cl)c(Cl)c2)C(C)C(=O)NC2CCCC2)cc1. The van der Waals surface area contributed by atoms with E-state index in [-0.39, 0.29) is 17.9 Å². The Morgan fingerprint density at radius 3 is 2.21 bits per heavy atom. The lowest BCUT2D eigenvalue weighted by Gasteiger charge is -2.30. The average Bonchev–Trinajstić information content (AvgIpc) is 3.31. The quantitative estimate of drug-likeness (QED) is 0.436. The number of nitrogens with one attached hydrogen (secondary N) is 1. The van der Waals surface area contributed by atoms with Crippen molar-refractivity contribution >= 4 is 35.0 Å². The monoisotopic (exact) mass is 488 g/mol. The summed E-state index contributed by atoms with van der Waals surface area (Å²) in [5.41, 5.74) is 3.24. The molecule has 3 rings (SSSR count). The average molecular weight is 489 g/mol. The molecule has 6 heteroatoms. The zero-order valence-electron chi connectivity index (χ0n) is 19.7. The number of nitrogens with zero attached hydrogens (tertiary/aromatic N) is 1. The highest BCUT2D eigenvalue weighted by Gasteiger charge is 2.28. The van der Waals surface area contributed by atoms with E-state index in [0.29, 0.717) is 35.3 Å². The molecular formula is C27H34Cl2N2O2. The van der Waals surface area contributed by atoms with Crippen LogP contribution in [-0.4, -0.2) is 28.8 Å². The van der Waals surface area contributed by atoms with Gasteiger partial charge in [0.05, 0.1) is 10.0 Å². The van der Waals surface area contributed by atoms with Crippen molar-refractivity contribution in [1.82, 2.24) is 10.2 Å². The smallest absolute Gasteiger partial charge is 0.242 e. The fourth-order valence-corrected chi connectivity index (χ4v) is 4.59. The third-order valence-electron chi connectivity index (χ3n) is 6.48. The summed E-state index contributed by atoms with van der Waals surface area (Å²) in [6, 6.07) is 13.4. The first-order chi connectivity index (χ1) is 15.7. The lowest BCUT2D eigenvalue weighted by atomic mass is 10.00. The summed E-state index contributed by atoms with van der Waals surface area (Å²) in [7, 11) is 0. The molecule has 0 spiro atoms. The Morgan fingerprint density at radius 2 is 1.61 bits per heavy atom.